The van der Waals surface area contributed by atoms with Crippen LogP contribution in [-0.4, -0.2) is 31.3 Å². The molecule has 1 nitrogen and oxygen atoms in total. The third kappa shape index (κ3) is 2.91. The Kier molecular flexibility index (Phi) is 4.06. The summed E-state index contributed by atoms with van der Waals surface area (Å²) in [4.78, 5) is 0. The molecule has 0 aliphatic rings. The van der Waals surface area contributed by atoms with E-state index < -0.39 is 16.1 Å². The average Bonchev–Trinajstić information content (AvgIpc) is 1.64. The van der Waals surface area contributed by atoms with E-state index >= 15 is 0 Å². The molecule has 0 radical (unpaired) electrons. The van der Waals surface area contributed by atoms with E-state index in [0.29, 0.717) is 0 Å². The smallest absolute Gasteiger partial charge is 0.00237 e. The van der Waals surface area contributed by atoms with E-state index in [0.717, 1.165) is 4.66 Å². The molecule has 0 unspecified atom stereocenters. The van der Waals surface area contributed by atoms with Crippen LogP contribution in [0.3, 0.4) is 0 Å². The topological polar surface area (TPSA) is 3.24 Å². The molecule has 0 heterocycles. The fourth-order valence-corrected chi connectivity index (χ4v) is 3.22. The zero-order valence-corrected chi connectivity index (χ0v) is 7.51. The third-order valence-corrected chi connectivity index (χ3v) is 4.13. The van der Waals surface area contributed by atoms with Gasteiger partial charge in [-0.2, -0.15) is 0 Å². The van der Waals surface area contributed by atoms with Gasteiger partial charge in [0.2, 0.25) is 0 Å². The summed E-state index contributed by atoms with van der Waals surface area (Å²) in [7, 11) is -1.01. The van der Waals surface area contributed by atoms with Gasteiger partial charge in [0.1, 0.15) is 0 Å². The molecule has 0 saturated carbocycles. The maximum atomic E-state index is 12.5. The van der Waals surface area contributed by atoms with Crippen LogP contribution in [0.2, 0.25) is 0 Å². The fourth-order valence-electron chi connectivity index (χ4n) is 0.358. The van der Waals surface area contributed by atoms with Crippen molar-refractivity contribution >= 4 is 16.1 Å². The maximum absolute atomic E-state index is 12.5. The van der Waals surface area contributed by atoms with Crippen LogP contribution in [0.1, 0.15) is 0 Å². The predicted octanol–water partition coefficient (Wildman–Crippen LogP) is 2.49. The predicted molar refractivity (Wildman–Crippen MR) is 40.5 cm³/mol. The first kappa shape index (κ1) is 8.75. The van der Waals surface area contributed by atoms with Crippen molar-refractivity contribution in [1.82, 2.24) is 4.66 Å². The quantitative estimate of drug-likeness (QED) is 0.437. The molecule has 0 aromatic carbocycles. The summed E-state index contributed by atoms with van der Waals surface area (Å²) in [5.74, 6) is 0. The highest BCUT2D eigenvalue weighted by molar-refractivity contribution is 7.68. The van der Waals surface area contributed by atoms with Crippen molar-refractivity contribution in [3.05, 3.63) is 0 Å². The van der Waals surface area contributed by atoms with Gasteiger partial charge in [0.15, 0.2) is 0 Å². The Hall–Kier alpha value is 0.750. The van der Waals surface area contributed by atoms with Gasteiger partial charge >= 0.3 is 0 Å². The maximum Gasteiger partial charge on any atom is -0.00237 e. The van der Waals surface area contributed by atoms with E-state index in [4.69, 9.17) is 0 Å². The highest BCUT2D eigenvalue weighted by Gasteiger charge is 2.09. The number of rotatable bonds is 2. The minimum atomic E-state index is -0.506. The van der Waals surface area contributed by atoms with Crippen LogP contribution in [0.4, 0.5) is 4.48 Å². The van der Waals surface area contributed by atoms with Crippen LogP contribution in [0.5, 0.6) is 0 Å². The van der Waals surface area contributed by atoms with Gasteiger partial charge in [-0.3, -0.25) is 0 Å². The summed E-state index contributed by atoms with van der Waals surface area (Å²) in [5.41, 5.74) is 0. The fraction of sp³-hybridized carbons (Fsp3) is 1.00. The summed E-state index contributed by atoms with van der Waals surface area (Å²) in [6.07, 6.45) is 0. The van der Waals surface area contributed by atoms with E-state index in [1.54, 1.807) is 0 Å². The summed E-state index contributed by atoms with van der Waals surface area (Å²) in [5, 5.41) is 0. The van der Waals surface area contributed by atoms with E-state index in [-0.39, 0.29) is 0 Å². The molecule has 0 N–H and O–H groups in total. The summed E-state index contributed by atoms with van der Waals surface area (Å²) in [6.45, 7) is 7.66. The minimum Gasteiger partial charge on any atom is -0.126 e. The van der Waals surface area contributed by atoms with Gasteiger partial charge in [-0.25, -0.2) is 0 Å². The summed E-state index contributed by atoms with van der Waals surface area (Å²) in [6, 6.07) is 0. The van der Waals surface area contributed by atoms with Gasteiger partial charge in [0.25, 0.3) is 0 Å². The standard InChI is InChI=1S/C4H12FNP2/c1-7(2)6(5)8(3)4/h1-4H3. The summed E-state index contributed by atoms with van der Waals surface area (Å²) >= 11 is 0. The largest absolute Gasteiger partial charge is 0.126 e. The van der Waals surface area contributed by atoms with E-state index in [1.807, 2.05) is 26.7 Å². The summed E-state index contributed by atoms with van der Waals surface area (Å²) < 4.78 is 13.5. The van der Waals surface area contributed by atoms with Crippen molar-refractivity contribution in [1.29, 1.82) is 0 Å². The van der Waals surface area contributed by atoms with Gasteiger partial charge < -0.3 is 0 Å². The molecule has 0 saturated heterocycles. The van der Waals surface area contributed by atoms with Crippen LogP contribution >= 0.6 is 16.1 Å². The van der Waals surface area contributed by atoms with Crippen LogP contribution < -0.4 is 0 Å². The first-order valence-corrected chi connectivity index (χ1v) is 6.74. The Morgan fingerprint density at radius 3 is 1.25 bits per heavy atom. The lowest BCUT2D eigenvalue weighted by molar-refractivity contribution is 0.284. The molecular formula is C4H12FNP2. The molecule has 50 valence electrons. The van der Waals surface area contributed by atoms with Gasteiger partial charge in [-0.15, -0.1) is 9.14 Å². The minimum absolute atomic E-state index is 0.506. The van der Waals surface area contributed by atoms with Gasteiger partial charge in [-0.05, 0) is 42.8 Å². The van der Waals surface area contributed by atoms with Crippen LogP contribution in [-0.2, 0) is 0 Å². The second-order valence-electron chi connectivity index (χ2n) is 1.94. The molecule has 8 heavy (non-hydrogen) atoms. The van der Waals surface area contributed by atoms with Crippen molar-refractivity contribution in [2.24, 2.45) is 0 Å². The van der Waals surface area contributed by atoms with Crippen LogP contribution in [0.25, 0.3) is 0 Å². The average molecular weight is 155 g/mol. The van der Waals surface area contributed by atoms with E-state index in [1.165, 1.54) is 0 Å². The molecule has 0 amide bonds. The molecule has 0 aliphatic carbocycles. The van der Waals surface area contributed by atoms with Gasteiger partial charge in [-0.1, -0.05) is 0 Å². The normalized spacial score (nSPS) is 12.0. The van der Waals surface area contributed by atoms with Crippen LogP contribution in [0, 0.1) is 0 Å². The molecule has 0 aromatic rings. The lowest BCUT2D eigenvalue weighted by Crippen LogP contribution is -1.94. The Bertz CT molecular complexity index is 59.1. The second kappa shape index (κ2) is 3.71. The van der Waals surface area contributed by atoms with E-state index in [9.17, 15) is 4.48 Å². The molecule has 4 heteroatoms. The number of hydrogen-bond donors (Lipinski definition) is 0. The van der Waals surface area contributed by atoms with Crippen molar-refractivity contribution in [3.63, 3.8) is 0 Å². The molecule has 0 fully saturated rings. The number of hydrogen-bond acceptors (Lipinski definition) is 1. The Morgan fingerprint density at radius 1 is 1.00 bits per heavy atom. The number of halogens is 1. The van der Waals surface area contributed by atoms with Gasteiger partial charge in [0.05, 0.1) is 0 Å². The van der Waals surface area contributed by atoms with Crippen LogP contribution in [0.15, 0.2) is 0 Å². The zero-order chi connectivity index (χ0) is 6.73. The first-order valence-electron chi connectivity index (χ1n) is 2.36. The monoisotopic (exact) mass is 155 g/mol. The van der Waals surface area contributed by atoms with Crippen molar-refractivity contribution in [2.45, 2.75) is 0 Å². The molecule has 0 bridgehead atoms. The molecule has 0 rings (SSSR count). The lowest BCUT2D eigenvalue weighted by atomic mass is 11.9. The lowest BCUT2D eigenvalue weighted by Gasteiger charge is -2.18. The SMILES string of the molecule is CP(C)N(F)P(C)C. The highest BCUT2D eigenvalue weighted by atomic mass is 31.2. The second-order valence-corrected chi connectivity index (χ2v) is 6.34. The molecule has 0 aliphatic heterocycles. The zero-order valence-electron chi connectivity index (χ0n) is 5.72. The van der Waals surface area contributed by atoms with Crippen molar-refractivity contribution in [3.8, 4) is 0 Å². The van der Waals surface area contributed by atoms with Crippen molar-refractivity contribution < 1.29 is 4.48 Å². The van der Waals surface area contributed by atoms with Crippen molar-refractivity contribution in [2.75, 3.05) is 26.7 Å². The molecular weight excluding hydrogens is 143 g/mol. The highest BCUT2D eigenvalue weighted by Crippen LogP contribution is 2.48. The number of nitrogens with zero attached hydrogens (tertiary/aromatic N) is 1. The third-order valence-electron chi connectivity index (χ3n) is 0.660. The Balaban J connectivity index is 3.46. The molecule has 0 spiro atoms. The van der Waals surface area contributed by atoms with E-state index in [2.05, 4.69) is 0 Å². The van der Waals surface area contributed by atoms with Gasteiger partial charge in [0, 0.05) is 0 Å². The Labute approximate surface area is 52.8 Å². The molecule has 0 atom stereocenters. The molecule has 0 aromatic heterocycles. The first-order chi connectivity index (χ1) is 3.55. The Morgan fingerprint density at radius 2 is 1.25 bits per heavy atom.